The number of nitrogens with zero attached hydrogens (tertiary/aromatic N) is 2. The Kier molecular flexibility index (Phi) is 7.62. The summed E-state index contributed by atoms with van der Waals surface area (Å²) in [6, 6.07) is 13.5. The van der Waals surface area contributed by atoms with Crippen LogP contribution in [0.3, 0.4) is 0 Å². The monoisotopic (exact) mass is 470 g/mol. The SMILES string of the molecule is CCOC(=O)c1cnc(Nc2ccc(S(C)(=O)=O)c(C)c2)nc1N[C@H](CO)c1ccccc1. The fourth-order valence-electron chi connectivity index (χ4n) is 3.27. The third-order valence-electron chi connectivity index (χ3n) is 4.81. The van der Waals surface area contributed by atoms with E-state index in [0.29, 0.717) is 11.3 Å². The van der Waals surface area contributed by atoms with Gasteiger partial charge in [-0.2, -0.15) is 4.98 Å². The number of benzene rings is 2. The molecule has 0 fully saturated rings. The molecule has 10 heteroatoms. The summed E-state index contributed by atoms with van der Waals surface area (Å²) in [5.41, 5.74) is 2.10. The smallest absolute Gasteiger partial charge is 0.343 e. The number of nitrogens with one attached hydrogen (secondary N) is 2. The molecule has 1 heterocycles. The molecule has 3 aromatic rings. The molecule has 174 valence electrons. The lowest BCUT2D eigenvalue weighted by Crippen LogP contribution is -2.19. The van der Waals surface area contributed by atoms with Crippen molar-refractivity contribution in [2.45, 2.75) is 24.8 Å². The third-order valence-corrected chi connectivity index (χ3v) is 6.07. The van der Waals surface area contributed by atoms with Crippen LogP contribution in [-0.4, -0.2) is 48.9 Å². The van der Waals surface area contributed by atoms with Crippen LogP contribution < -0.4 is 10.6 Å². The van der Waals surface area contributed by atoms with Crippen LogP contribution in [0.1, 0.15) is 34.5 Å². The van der Waals surface area contributed by atoms with Crippen LogP contribution in [0, 0.1) is 6.92 Å². The molecule has 3 rings (SSSR count). The Labute approximate surface area is 192 Å². The number of ether oxygens (including phenoxy) is 1. The van der Waals surface area contributed by atoms with Gasteiger partial charge < -0.3 is 20.5 Å². The van der Waals surface area contributed by atoms with Crippen molar-refractivity contribution in [2.75, 3.05) is 30.1 Å². The van der Waals surface area contributed by atoms with Crippen LogP contribution in [0.25, 0.3) is 0 Å². The predicted octanol–water partition coefficient (Wildman–Crippen LogP) is 3.25. The highest BCUT2D eigenvalue weighted by Gasteiger charge is 2.20. The van der Waals surface area contributed by atoms with E-state index in [-0.39, 0.29) is 35.4 Å². The summed E-state index contributed by atoms with van der Waals surface area (Å²) < 4.78 is 28.8. The fraction of sp³-hybridized carbons (Fsp3) is 0.261. The molecule has 0 saturated heterocycles. The second kappa shape index (κ2) is 10.4. The van der Waals surface area contributed by atoms with Crippen molar-refractivity contribution in [1.82, 2.24) is 9.97 Å². The van der Waals surface area contributed by atoms with E-state index in [2.05, 4.69) is 20.6 Å². The highest BCUT2D eigenvalue weighted by atomic mass is 32.2. The maximum atomic E-state index is 12.4. The van der Waals surface area contributed by atoms with Crippen molar-refractivity contribution < 1.29 is 23.1 Å². The normalized spacial score (nSPS) is 12.1. The molecule has 2 aromatic carbocycles. The highest BCUT2D eigenvalue weighted by molar-refractivity contribution is 7.90. The van der Waals surface area contributed by atoms with Crippen LogP contribution in [-0.2, 0) is 14.6 Å². The first-order valence-corrected chi connectivity index (χ1v) is 12.2. The lowest BCUT2D eigenvalue weighted by molar-refractivity contribution is 0.0526. The van der Waals surface area contributed by atoms with Crippen molar-refractivity contribution in [3.05, 3.63) is 71.4 Å². The molecule has 0 saturated carbocycles. The maximum Gasteiger partial charge on any atom is 0.343 e. The third kappa shape index (κ3) is 6.05. The largest absolute Gasteiger partial charge is 0.462 e. The zero-order valence-electron chi connectivity index (χ0n) is 18.6. The van der Waals surface area contributed by atoms with Crippen LogP contribution in [0.4, 0.5) is 17.5 Å². The number of esters is 1. The first-order valence-electron chi connectivity index (χ1n) is 10.3. The van der Waals surface area contributed by atoms with Crippen molar-refractivity contribution in [3.63, 3.8) is 0 Å². The summed E-state index contributed by atoms with van der Waals surface area (Å²) in [7, 11) is -3.34. The van der Waals surface area contributed by atoms with Crippen LogP contribution >= 0.6 is 0 Å². The Bertz CT molecular complexity index is 1230. The number of sulfone groups is 1. The summed E-state index contributed by atoms with van der Waals surface area (Å²) >= 11 is 0. The number of hydrogen-bond acceptors (Lipinski definition) is 9. The summed E-state index contributed by atoms with van der Waals surface area (Å²) in [5.74, 6) is -0.218. The lowest BCUT2D eigenvalue weighted by Gasteiger charge is -2.19. The van der Waals surface area contributed by atoms with E-state index < -0.39 is 21.8 Å². The van der Waals surface area contributed by atoms with Gasteiger partial charge in [0, 0.05) is 18.1 Å². The molecular weight excluding hydrogens is 444 g/mol. The Balaban J connectivity index is 1.94. The van der Waals surface area contributed by atoms with Crippen molar-refractivity contribution in [2.24, 2.45) is 0 Å². The van der Waals surface area contributed by atoms with Gasteiger partial charge >= 0.3 is 5.97 Å². The topological polar surface area (TPSA) is 131 Å². The van der Waals surface area contributed by atoms with Crippen molar-refractivity contribution in [3.8, 4) is 0 Å². The summed E-state index contributed by atoms with van der Waals surface area (Å²) in [6.07, 6.45) is 2.49. The van der Waals surface area contributed by atoms with Gasteiger partial charge in [0.2, 0.25) is 5.95 Å². The van der Waals surface area contributed by atoms with E-state index in [9.17, 15) is 18.3 Å². The number of aliphatic hydroxyl groups is 1. The molecule has 1 atom stereocenters. The number of carbonyl (C=O) groups is 1. The molecule has 0 spiro atoms. The molecular formula is C23H26N4O5S. The number of aryl methyl sites for hydroxylation is 1. The molecule has 0 radical (unpaired) electrons. The molecule has 0 aliphatic heterocycles. The van der Waals surface area contributed by atoms with Crippen molar-refractivity contribution in [1.29, 1.82) is 0 Å². The molecule has 1 aromatic heterocycles. The van der Waals surface area contributed by atoms with Gasteiger partial charge in [-0.3, -0.25) is 0 Å². The Morgan fingerprint density at radius 3 is 2.52 bits per heavy atom. The average molecular weight is 471 g/mol. The number of aromatic nitrogens is 2. The average Bonchev–Trinajstić information content (AvgIpc) is 2.77. The van der Waals surface area contributed by atoms with Gasteiger partial charge in [-0.1, -0.05) is 30.3 Å². The van der Waals surface area contributed by atoms with E-state index in [4.69, 9.17) is 4.74 Å². The molecule has 9 nitrogen and oxygen atoms in total. The first kappa shape index (κ1) is 24.1. The fourth-order valence-corrected chi connectivity index (χ4v) is 4.23. The molecule has 0 bridgehead atoms. The zero-order valence-corrected chi connectivity index (χ0v) is 19.4. The van der Waals surface area contributed by atoms with Gasteiger partial charge in [0.05, 0.1) is 24.2 Å². The molecule has 0 aliphatic carbocycles. The number of rotatable bonds is 9. The summed E-state index contributed by atoms with van der Waals surface area (Å²) in [6.45, 7) is 3.35. The van der Waals surface area contributed by atoms with Crippen LogP contribution in [0.5, 0.6) is 0 Å². The maximum absolute atomic E-state index is 12.4. The van der Waals surface area contributed by atoms with Crippen LogP contribution in [0.2, 0.25) is 0 Å². The van der Waals surface area contributed by atoms with E-state index in [1.807, 2.05) is 30.3 Å². The van der Waals surface area contributed by atoms with E-state index in [0.717, 1.165) is 11.8 Å². The van der Waals surface area contributed by atoms with Crippen molar-refractivity contribution >= 4 is 33.3 Å². The predicted molar refractivity (Wildman–Crippen MR) is 125 cm³/mol. The minimum absolute atomic E-state index is 0.125. The van der Waals surface area contributed by atoms with Gasteiger partial charge in [0.15, 0.2) is 9.84 Å². The summed E-state index contributed by atoms with van der Waals surface area (Å²) in [4.78, 5) is 21.3. The summed E-state index contributed by atoms with van der Waals surface area (Å²) in [5, 5.41) is 16.0. The molecule has 33 heavy (non-hydrogen) atoms. The molecule has 0 aliphatic rings. The number of hydrogen-bond donors (Lipinski definition) is 3. The quantitative estimate of drug-likeness (QED) is 0.403. The lowest BCUT2D eigenvalue weighted by atomic mass is 10.1. The molecule has 3 N–H and O–H groups in total. The molecule has 0 amide bonds. The second-order valence-electron chi connectivity index (χ2n) is 7.34. The number of anilines is 3. The van der Waals surface area contributed by atoms with Gasteiger partial charge in [-0.15, -0.1) is 0 Å². The van der Waals surface area contributed by atoms with Gasteiger partial charge in [-0.05, 0) is 43.2 Å². The Hall–Kier alpha value is -3.50. The highest BCUT2D eigenvalue weighted by Crippen LogP contribution is 2.25. The minimum Gasteiger partial charge on any atom is -0.462 e. The van der Waals surface area contributed by atoms with E-state index in [1.54, 1.807) is 26.0 Å². The van der Waals surface area contributed by atoms with Gasteiger partial charge in [0.1, 0.15) is 11.4 Å². The minimum atomic E-state index is -3.34. The number of carbonyl (C=O) groups excluding carboxylic acids is 1. The van der Waals surface area contributed by atoms with E-state index >= 15 is 0 Å². The van der Waals surface area contributed by atoms with E-state index in [1.165, 1.54) is 12.3 Å². The Morgan fingerprint density at radius 1 is 1.18 bits per heavy atom. The first-order chi connectivity index (χ1) is 15.7. The Morgan fingerprint density at radius 2 is 1.91 bits per heavy atom. The van der Waals surface area contributed by atoms with Crippen LogP contribution in [0.15, 0.2) is 59.6 Å². The zero-order chi connectivity index (χ0) is 24.0. The number of aliphatic hydroxyl groups excluding tert-OH is 1. The molecule has 0 unspecified atom stereocenters. The van der Waals surface area contributed by atoms with Gasteiger partial charge in [0.25, 0.3) is 0 Å². The van der Waals surface area contributed by atoms with Gasteiger partial charge in [-0.25, -0.2) is 18.2 Å². The standard InChI is InChI=1S/C23H26N4O5S/c1-4-32-22(29)18-13-24-23(25-17-10-11-20(15(2)12-17)33(3,30)31)27-21(18)26-19(14-28)16-8-6-5-7-9-16/h5-13,19,28H,4,14H2,1-3H3,(H2,24,25,26,27)/t19-/m1/s1. The second-order valence-corrected chi connectivity index (χ2v) is 9.33.